The van der Waals surface area contributed by atoms with E-state index in [0.717, 1.165) is 12.8 Å². The first-order valence-electron chi connectivity index (χ1n) is 9.50. The number of rotatable bonds is 15. The lowest BCUT2D eigenvalue weighted by molar-refractivity contribution is 0.0940. The van der Waals surface area contributed by atoms with Crippen molar-refractivity contribution in [3.05, 3.63) is 22.6 Å². The Morgan fingerprint density at radius 3 is 2.09 bits per heavy atom. The SMILES string of the molecule is CCCCCCCCCCCC=CC[C@@H](C)[C@@H](C)C(O)N=[N+]=[N-]. The van der Waals surface area contributed by atoms with Gasteiger partial charge >= 0.3 is 0 Å². The molecule has 0 aliphatic carbocycles. The molecule has 0 saturated carbocycles. The van der Waals surface area contributed by atoms with Gasteiger partial charge in [-0.15, -0.1) is 0 Å². The fourth-order valence-corrected chi connectivity index (χ4v) is 2.67. The van der Waals surface area contributed by atoms with Gasteiger partial charge in [0.15, 0.2) is 0 Å². The van der Waals surface area contributed by atoms with Gasteiger partial charge in [0.2, 0.25) is 0 Å². The zero-order valence-corrected chi connectivity index (χ0v) is 15.5. The molecule has 0 radical (unpaired) electrons. The zero-order valence-electron chi connectivity index (χ0n) is 15.5. The molecule has 0 aliphatic rings. The summed E-state index contributed by atoms with van der Waals surface area (Å²) in [6.07, 6.45) is 17.9. The van der Waals surface area contributed by atoms with Crippen LogP contribution in [0.1, 0.15) is 91.4 Å². The molecule has 0 aromatic carbocycles. The molecule has 134 valence electrons. The van der Waals surface area contributed by atoms with Crippen LogP contribution in [0.3, 0.4) is 0 Å². The molecule has 0 rings (SSSR count). The van der Waals surface area contributed by atoms with Crippen molar-refractivity contribution in [2.45, 2.75) is 97.6 Å². The molecule has 0 spiro atoms. The number of aliphatic hydroxyl groups is 1. The smallest absolute Gasteiger partial charge is 0.135 e. The maximum atomic E-state index is 9.63. The quantitative estimate of drug-likeness (QED) is 0.117. The van der Waals surface area contributed by atoms with Crippen LogP contribution >= 0.6 is 0 Å². The Balaban J connectivity index is 3.51. The van der Waals surface area contributed by atoms with Crippen LogP contribution in [0.15, 0.2) is 17.3 Å². The highest BCUT2D eigenvalue weighted by molar-refractivity contribution is 4.85. The van der Waals surface area contributed by atoms with E-state index in [1.54, 1.807) is 0 Å². The van der Waals surface area contributed by atoms with Gasteiger partial charge in [0.25, 0.3) is 0 Å². The number of allylic oxidation sites excluding steroid dienone is 2. The van der Waals surface area contributed by atoms with E-state index in [1.807, 2.05) is 6.92 Å². The lowest BCUT2D eigenvalue weighted by Crippen LogP contribution is -2.21. The fraction of sp³-hybridized carbons (Fsp3) is 0.895. The molecule has 0 saturated heterocycles. The van der Waals surface area contributed by atoms with E-state index >= 15 is 0 Å². The van der Waals surface area contributed by atoms with E-state index in [9.17, 15) is 5.11 Å². The Labute approximate surface area is 143 Å². The van der Waals surface area contributed by atoms with E-state index in [1.165, 1.54) is 57.8 Å². The van der Waals surface area contributed by atoms with Crippen LogP contribution in [-0.2, 0) is 0 Å². The topological polar surface area (TPSA) is 69.0 Å². The number of hydrogen-bond acceptors (Lipinski definition) is 2. The van der Waals surface area contributed by atoms with Gasteiger partial charge in [-0.1, -0.05) is 89.4 Å². The van der Waals surface area contributed by atoms with Gasteiger partial charge in [-0.25, -0.2) is 0 Å². The average molecular weight is 324 g/mol. The molecule has 1 unspecified atom stereocenters. The van der Waals surface area contributed by atoms with Crippen LogP contribution in [0, 0.1) is 11.8 Å². The summed E-state index contributed by atoms with van der Waals surface area (Å²) in [7, 11) is 0. The van der Waals surface area contributed by atoms with Gasteiger partial charge in [0, 0.05) is 4.91 Å². The summed E-state index contributed by atoms with van der Waals surface area (Å²) in [5.41, 5.74) is 8.34. The summed E-state index contributed by atoms with van der Waals surface area (Å²) < 4.78 is 0. The minimum absolute atomic E-state index is 0.0109. The largest absolute Gasteiger partial charge is 0.387 e. The Morgan fingerprint density at radius 2 is 1.52 bits per heavy atom. The van der Waals surface area contributed by atoms with E-state index in [-0.39, 0.29) is 5.92 Å². The lowest BCUT2D eigenvalue weighted by Gasteiger charge is -2.20. The molecule has 0 fully saturated rings. The summed E-state index contributed by atoms with van der Waals surface area (Å²) in [4.78, 5) is 2.66. The molecule has 4 heteroatoms. The van der Waals surface area contributed by atoms with Gasteiger partial charge in [0.1, 0.15) is 6.23 Å². The Bertz CT molecular complexity index is 338. The zero-order chi connectivity index (χ0) is 17.3. The van der Waals surface area contributed by atoms with E-state index < -0.39 is 6.23 Å². The third-order valence-electron chi connectivity index (χ3n) is 4.69. The predicted molar refractivity (Wildman–Crippen MR) is 99.1 cm³/mol. The Kier molecular flexibility index (Phi) is 15.2. The monoisotopic (exact) mass is 323 g/mol. The normalized spacial score (nSPS) is 15.3. The summed E-state index contributed by atoms with van der Waals surface area (Å²) >= 11 is 0. The Hall–Kier alpha value is -0.990. The second-order valence-electron chi connectivity index (χ2n) is 6.78. The molecular weight excluding hydrogens is 286 g/mol. The summed E-state index contributed by atoms with van der Waals surface area (Å²) in [6, 6.07) is 0. The van der Waals surface area contributed by atoms with E-state index in [2.05, 4.69) is 36.0 Å². The van der Waals surface area contributed by atoms with Crippen LogP contribution < -0.4 is 0 Å². The van der Waals surface area contributed by atoms with Crippen LogP contribution in [-0.4, -0.2) is 11.3 Å². The van der Waals surface area contributed by atoms with E-state index in [0.29, 0.717) is 5.92 Å². The number of hydrogen-bond donors (Lipinski definition) is 1. The number of unbranched alkanes of at least 4 members (excludes halogenated alkanes) is 9. The van der Waals surface area contributed by atoms with E-state index in [4.69, 9.17) is 5.53 Å². The first kappa shape index (κ1) is 22.0. The first-order chi connectivity index (χ1) is 11.1. The van der Waals surface area contributed by atoms with Crippen molar-refractivity contribution in [2.24, 2.45) is 17.0 Å². The molecule has 0 aromatic heterocycles. The van der Waals surface area contributed by atoms with Crippen molar-refractivity contribution in [1.29, 1.82) is 0 Å². The standard InChI is InChI=1S/C19H37N3O/c1-4-5-6-7-8-9-10-11-12-13-14-15-16-17(2)18(3)19(23)21-22-20/h14-15,17-19,23H,4-13,16H2,1-3H3/t17-,18-,19?/m1/s1. The summed E-state index contributed by atoms with van der Waals surface area (Å²) in [6.45, 7) is 6.28. The van der Waals surface area contributed by atoms with Crippen molar-refractivity contribution >= 4 is 0 Å². The second-order valence-corrected chi connectivity index (χ2v) is 6.78. The van der Waals surface area contributed by atoms with Crippen molar-refractivity contribution in [3.63, 3.8) is 0 Å². The first-order valence-corrected chi connectivity index (χ1v) is 9.50. The maximum absolute atomic E-state index is 9.63. The average Bonchev–Trinajstić information content (AvgIpc) is 2.55. The summed E-state index contributed by atoms with van der Waals surface area (Å²) in [5.74, 6) is 0.304. The van der Waals surface area contributed by atoms with Crippen LogP contribution in [0.4, 0.5) is 0 Å². The molecule has 0 aromatic rings. The molecule has 0 amide bonds. The molecule has 1 N–H and O–H groups in total. The highest BCUT2D eigenvalue weighted by Gasteiger charge is 2.18. The minimum atomic E-state index is -0.916. The number of nitrogens with zero attached hydrogens (tertiary/aromatic N) is 3. The highest BCUT2D eigenvalue weighted by Crippen LogP contribution is 2.20. The van der Waals surface area contributed by atoms with Crippen LogP contribution in [0.2, 0.25) is 0 Å². The second kappa shape index (κ2) is 15.9. The fourth-order valence-electron chi connectivity index (χ4n) is 2.67. The number of azide groups is 1. The van der Waals surface area contributed by atoms with Gasteiger partial charge < -0.3 is 5.11 Å². The van der Waals surface area contributed by atoms with Crippen LogP contribution in [0.5, 0.6) is 0 Å². The molecule has 0 bridgehead atoms. The van der Waals surface area contributed by atoms with Gasteiger partial charge in [-0.05, 0) is 36.6 Å². The maximum Gasteiger partial charge on any atom is 0.135 e. The molecule has 3 atom stereocenters. The van der Waals surface area contributed by atoms with Gasteiger partial charge in [0.05, 0.1) is 0 Å². The highest BCUT2D eigenvalue weighted by atomic mass is 16.3. The summed E-state index contributed by atoms with van der Waals surface area (Å²) in [5, 5.41) is 13.0. The minimum Gasteiger partial charge on any atom is -0.387 e. The van der Waals surface area contributed by atoms with Crippen molar-refractivity contribution in [2.75, 3.05) is 0 Å². The molecule has 23 heavy (non-hydrogen) atoms. The lowest BCUT2D eigenvalue weighted by atomic mass is 9.91. The van der Waals surface area contributed by atoms with Crippen molar-refractivity contribution < 1.29 is 5.11 Å². The van der Waals surface area contributed by atoms with Crippen LogP contribution in [0.25, 0.3) is 10.4 Å². The predicted octanol–water partition coefficient (Wildman–Crippen LogP) is 6.75. The third-order valence-corrected chi connectivity index (χ3v) is 4.69. The van der Waals surface area contributed by atoms with Gasteiger partial charge in [-0.3, -0.25) is 0 Å². The molecular formula is C19H37N3O. The third kappa shape index (κ3) is 13.2. The molecule has 0 heterocycles. The Morgan fingerprint density at radius 1 is 0.957 bits per heavy atom. The van der Waals surface area contributed by atoms with Crippen molar-refractivity contribution in [1.82, 2.24) is 0 Å². The molecule has 4 nitrogen and oxygen atoms in total. The molecule has 0 aliphatic heterocycles. The van der Waals surface area contributed by atoms with Crippen molar-refractivity contribution in [3.8, 4) is 0 Å². The van der Waals surface area contributed by atoms with Gasteiger partial charge in [-0.2, -0.15) is 0 Å². The number of aliphatic hydroxyl groups excluding tert-OH is 1.